The first-order valence-electron chi connectivity index (χ1n) is 15.2. The van der Waals surface area contributed by atoms with E-state index in [1.54, 1.807) is 21.1 Å². The van der Waals surface area contributed by atoms with Crippen molar-refractivity contribution in [3.05, 3.63) is 52.6 Å². The smallest absolute Gasteiger partial charge is 0.407 e. The quantitative estimate of drug-likeness (QED) is 0.113. The second-order valence-corrected chi connectivity index (χ2v) is 11.6. The van der Waals surface area contributed by atoms with Crippen LogP contribution < -0.4 is 20.7 Å². The number of ether oxygens (including phenoxy) is 4. The van der Waals surface area contributed by atoms with Crippen molar-refractivity contribution in [1.82, 2.24) is 16.0 Å². The zero-order valence-corrected chi connectivity index (χ0v) is 29.1. The van der Waals surface area contributed by atoms with Crippen LogP contribution in [-0.4, -0.2) is 99.6 Å². The molecule has 2 aliphatic rings. The van der Waals surface area contributed by atoms with Crippen molar-refractivity contribution in [2.75, 3.05) is 35.4 Å². The minimum Gasteiger partial charge on any atom is -0.495 e. The van der Waals surface area contributed by atoms with Crippen LogP contribution in [0.3, 0.4) is 0 Å². The molecule has 4 unspecified atom stereocenters. The van der Waals surface area contributed by atoms with E-state index in [0.717, 1.165) is 26.2 Å². The van der Waals surface area contributed by atoms with Crippen LogP contribution in [0.2, 0.25) is 5.02 Å². The summed E-state index contributed by atoms with van der Waals surface area (Å²) in [5, 5.41) is 22.9. The number of aliphatic hydroxyl groups excluding tert-OH is 2. The van der Waals surface area contributed by atoms with Gasteiger partial charge in [0, 0.05) is 39.6 Å². The van der Waals surface area contributed by atoms with Gasteiger partial charge in [0.05, 0.1) is 24.7 Å². The van der Waals surface area contributed by atoms with E-state index in [-0.39, 0.29) is 30.4 Å². The molecule has 12 nitrogen and oxygen atoms in total. The number of amides is 2. The highest BCUT2D eigenvalue weighted by atomic mass is 35.5. The molecule has 2 heterocycles. The molecular weight excluding hydrogens is 618 g/mol. The van der Waals surface area contributed by atoms with Crippen LogP contribution in [0.15, 0.2) is 42.0 Å². The summed E-state index contributed by atoms with van der Waals surface area (Å²) in [7, 11) is 6.79. The largest absolute Gasteiger partial charge is 0.495 e. The lowest BCUT2D eigenvalue weighted by atomic mass is 9.85. The van der Waals surface area contributed by atoms with E-state index in [0.29, 0.717) is 23.6 Å². The van der Waals surface area contributed by atoms with Gasteiger partial charge in [0.15, 0.2) is 0 Å². The number of halogens is 1. The van der Waals surface area contributed by atoms with Crippen molar-refractivity contribution in [2.45, 2.75) is 89.4 Å². The molecule has 7 atom stereocenters. The number of aliphatic hydroxyl groups is 2. The number of nitrogens with one attached hydrogen (secondary N) is 3. The minimum absolute atomic E-state index is 0.0314. The molecule has 1 aromatic carbocycles. The Balaban J connectivity index is 0.00000254. The molecule has 2 amide bonds. The molecule has 0 aromatic heterocycles. The topological polar surface area (TPSA) is 168 Å². The van der Waals surface area contributed by atoms with Crippen molar-refractivity contribution >= 4 is 29.6 Å². The van der Waals surface area contributed by atoms with Gasteiger partial charge in [0.1, 0.15) is 29.6 Å². The normalized spacial score (nSPS) is 24.0. The maximum Gasteiger partial charge on any atom is 0.407 e. The number of benzene rings is 1. The number of epoxide rings is 1. The van der Waals surface area contributed by atoms with Crippen LogP contribution in [0.5, 0.6) is 5.75 Å². The van der Waals surface area contributed by atoms with Crippen molar-refractivity contribution in [3.8, 4) is 5.75 Å². The summed E-state index contributed by atoms with van der Waals surface area (Å²) in [6.07, 6.45) is 6.03. The molecule has 2 aliphatic heterocycles. The summed E-state index contributed by atoms with van der Waals surface area (Å²) in [5.41, 5.74) is 1.39. The van der Waals surface area contributed by atoms with Crippen LogP contribution in [0.25, 0.3) is 0 Å². The Morgan fingerprint density at radius 3 is 2.50 bits per heavy atom. The van der Waals surface area contributed by atoms with Crippen molar-refractivity contribution < 1.29 is 43.5 Å². The van der Waals surface area contributed by atoms with E-state index in [1.165, 1.54) is 12.6 Å². The van der Waals surface area contributed by atoms with Gasteiger partial charge in [-0.3, -0.25) is 9.59 Å². The number of rotatable bonds is 14. The average Bonchev–Trinajstić information content (AvgIpc) is 3.76. The summed E-state index contributed by atoms with van der Waals surface area (Å²) in [6, 6.07) is 5.11. The van der Waals surface area contributed by atoms with Crippen molar-refractivity contribution in [2.24, 2.45) is 5.92 Å². The number of carbonyl (C=O) groups is 3. The van der Waals surface area contributed by atoms with Gasteiger partial charge >= 0.3 is 12.1 Å². The Bertz CT molecular complexity index is 1190. The monoisotopic (exact) mass is 669 g/mol. The number of likely N-dealkylation sites (N-methyl/N-ethyl adjacent to an activating group) is 1. The standard InChI is InChI=1S/C31H44ClN3O7.2CH4O/c1-18(14-21-12-13-23(32)25(15-21)39-7)10-8-9-11-22-16-24(40-30(38)35-22)19(2)28-31(4,42-28)26(17-27(36)34-6)41-29(37)20(3)33-5;2*1-2/h8-10,12-13,15,19-20,22,24,26,28,33H,11,14,16-17H2,1-7H3,(H,34,36)(H,35,38);2*2H,1H3/b9-8+,18-10+;;/t19-,20-,22?,24?,26+,28?,31?;;/m1../s1. The first kappa shape index (κ1) is 40.9. The zero-order chi connectivity index (χ0) is 35.0. The van der Waals surface area contributed by atoms with E-state index in [2.05, 4.69) is 29.0 Å². The van der Waals surface area contributed by atoms with Crippen molar-refractivity contribution in [3.63, 3.8) is 0 Å². The predicted molar refractivity (Wildman–Crippen MR) is 177 cm³/mol. The molecule has 2 saturated heterocycles. The molecule has 2 fully saturated rings. The van der Waals surface area contributed by atoms with Crippen LogP contribution >= 0.6 is 11.6 Å². The molecule has 0 radical (unpaired) electrons. The molecule has 0 spiro atoms. The summed E-state index contributed by atoms with van der Waals surface area (Å²) in [4.78, 5) is 37.2. The fourth-order valence-electron chi connectivity index (χ4n) is 5.19. The van der Waals surface area contributed by atoms with Gasteiger partial charge in [0.25, 0.3) is 0 Å². The van der Waals surface area contributed by atoms with E-state index < -0.39 is 35.9 Å². The number of methoxy groups -OCH3 is 1. The third-order valence-corrected chi connectivity index (χ3v) is 8.33. The zero-order valence-electron chi connectivity index (χ0n) is 28.4. The Kier molecular flexibility index (Phi) is 17.9. The Labute approximate surface area is 277 Å². The van der Waals surface area contributed by atoms with E-state index >= 15 is 0 Å². The second-order valence-electron chi connectivity index (χ2n) is 11.2. The summed E-state index contributed by atoms with van der Waals surface area (Å²) in [5.74, 6) is -0.254. The van der Waals surface area contributed by atoms with Gasteiger partial charge in [-0.1, -0.05) is 48.4 Å². The SMILES string of the molecule is CNC(=O)C[C@H](OC(=O)[C@@H](C)NC)C1(C)OC1[C@H](C)C1CC(C/C=C/C=C(\C)Cc2ccc(Cl)c(OC)c2)NC(=O)O1.CO.CO. The van der Waals surface area contributed by atoms with Crippen LogP contribution in [0, 0.1) is 5.92 Å². The maximum absolute atomic E-state index is 12.5. The fourth-order valence-corrected chi connectivity index (χ4v) is 5.38. The molecule has 0 saturated carbocycles. The number of hydrogen-bond donors (Lipinski definition) is 5. The van der Waals surface area contributed by atoms with Gasteiger partial charge in [-0.25, -0.2) is 4.79 Å². The molecule has 260 valence electrons. The molecular formula is C33H52ClN3O9. The first-order chi connectivity index (χ1) is 21.9. The molecule has 3 rings (SSSR count). The third kappa shape index (κ3) is 11.9. The number of cyclic esters (lactones) is 1. The van der Waals surface area contributed by atoms with Gasteiger partial charge in [0.2, 0.25) is 5.91 Å². The van der Waals surface area contributed by atoms with E-state index in [9.17, 15) is 14.4 Å². The summed E-state index contributed by atoms with van der Waals surface area (Å²) in [6.45, 7) is 7.53. The predicted octanol–water partition coefficient (Wildman–Crippen LogP) is 3.32. The lowest BCUT2D eigenvalue weighted by Crippen LogP contribution is -2.49. The molecule has 5 N–H and O–H groups in total. The van der Waals surface area contributed by atoms with Crippen LogP contribution in [0.4, 0.5) is 4.79 Å². The Morgan fingerprint density at radius 1 is 1.22 bits per heavy atom. The number of allylic oxidation sites excluding steroid dienone is 3. The van der Waals surface area contributed by atoms with Crippen LogP contribution in [0.1, 0.15) is 52.5 Å². The average molecular weight is 670 g/mol. The third-order valence-electron chi connectivity index (χ3n) is 8.02. The minimum atomic E-state index is -0.877. The highest BCUT2D eigenvalue weighted by Gasteiger charge is 2.63. The second kappa shape index (κ2) is 20.2. The Morgan fingerprint density at radius 2 is 1.89 bits per heavy atom. The van der Waals surface area contributed by atoms with Gasteiger partial charge < -0.3 is 45.1 Å². The fraction of sp³-hybridized carbons (Fsp3) is 0.606. The van der Waals surface area contributed by atoms with Crippen LogP contribution in [-0.2, 0) is 30.2 Å². The number of esters is 1. The highest BCUT2D eigenvalue weighted by molar-refractivity contribution is 6.32. The van der Waals surface area contributed by atoms with Gasteiger partial charge in [-0.05, 0) is 58.4 Å². The number of carbonyl (C=O) groups excluding carboxylic acids is 3. The number of hydrogen-bond acceptors (Lipinski definition) is 10. The van der Waals surface area contributed by atoms with E-state index in [1.807, 2.05) is 44.2 Å². The highest BCUT2D eigenvalue weighted by Crippen LogP contribution is 2.48. The van der Waals surface area contributed by atoms with Gasteiger partial charge in [-0.15, -0.1) is 0 Å². The molecule has 0 bridgehead atoms. The molecule has 0 aliphatic carbocycles. The van der Waals surface area contributed by atoms with E-state index in [4.69, 9.17) is 40.8 Å². The number of alkyl carbamates (subject to hydrolysis) is 1. The van der Waals surface area contributed by atoms with Gasteiger partial charge in [-0.2, -0.15) is 0 Å². The summed E-state index contributed by atoms with van der Waals surface area (Å²) >= 11 is 6.12. The lowest BCUT2D eigenvalue weighted by Gasteiger charge is -2.33. The van der Waals surface area contributed by atoms with Crippen molar-refractivity contribution in [1.29, 1.82) is 0 Å². The first-order valence-corrected chi connectivity index (χ1v) is 15.6. The Hall–Kier alpha value is -3.16. The summed E-state index contributed by atoms with van der Waals surface area (Å²) < 4.78 is 22.7. The molecule has 46 heavy (non-hydrogen) atoms. The molecule has 13 heteroatoms. The lowest BCUT2D eigenvalue weighted by molar-refractivity contribution is -0.155. The maximum atomic E-state index is 12.5. The molecule has 1 aromatic rings.